The smallest absolute Gasteiger partial charge is 0.0700 e. The predicted octanol–water partition coefficient (Wildman–Crippen LogP) is 2.19. The molecule has 0 aromatic carbocycles. The molecule has 0 aromatic heterocycles. The predicted molar refractivity (Wildman–Crippen MR) is 66.4 cm³/mol. The van der Waals surface area contributed by atoms with Gasteiger partial charge >= 0.3 is 0 Å². The molecule has 16 heavy (non-hydrogen) atoms. The molecule has 0 saturated heterocycles. The largest absolute Gasteiger partial charge is 0.382 e. The van der Waals surface area contributed by atoms with Gasteiger partial charge in [-0.15, -0.1) is 0 Å². The van der Waals surface area contributed by atoms with Crippen molar-refractivity contribution in [1.82, 2.24) is 0 Å². The van der Waals surface area contributed by atoms with Crippen LogP contribution in [0.4, 0.5) is 0 Å². The van der Waals surface area contributed by atoms with Crippen molar-refractivity contribution in [2.45, 2.75) is 39.0 Å². The molecule has 3 heteroatoms. The fourth-order valence-electron chi connectivity index (χ4n) is 2.82. The third-order valence-electron chi connectivity index (χ3n) is 3.83. The summed E-state index contributed by atoms with van der Waals surface area (Å²) in [7, 11) is 1.70. The molecular formula is C13H27NO2. The van der Waals surface area contributed by atoms with Gasteiger partial charge in [0, 0.05) is 13.7 Å². The Labute approximate surface area is 99.7 Å². The van der Waals surface area contributed by atoms with Gasteiger partial charge < -0.3 is 15.2 Å². The maximum Gasteiger partial charge on any atom is 0.0700 e. The molecule has 0 spiro atoms. The molecule has 96 valence electrons. The Morgan fingerprint density at radius 1 is 1.31 bits per heavy atom. The normalized spacial score (nSPS) is 30.6. The van der Waals surface area contributed by atoms with Crippen LogP contribution < -0.4 is 5.73 Å². The van der Waals surface area contributed by atoms with E-state index in [4.69, 9.17) is 15.2 Å². The van der Waals surface area contributed by atoms with Crippen molar-refractivity contribution in [2.24, 2.45) is 17.1 Å². The van der Waals surface area contributed by atoms with E-state index in [-0.39, 0.29) is 0 Å². The van der Waals surface area contributed by atoms with Crippen LogP contribution >= 0.6 is 0 Å². The Morgan fingerprint density at radius 3 is 2.75 bits per heavy atom. The molecule has 0 bridgehead atoms. The summed E-state index contributed by atoms with van der Waals surface area (Å²) >= 11 is 0. The van der Waals surface area contributed by atoms with E-state index in [0.717, 1.165) is 25.5 Å². The van der Waals surface area contributed by atoms with Gasteiger partial charge in [-0.05, 0) is 37.1 Å². The van der Waals surface area contributed by atoms with Gasteiger partial charge in [-0.25, -0.2) is 0 Å². The maximum absolute atomic E-state index is 5.96. The summed E-state index contributed by atoms with van der Waals surface area (Å²) in [6, 6.07) is 0. The van der Waals surface area contributed by atoms with Crippen molar-refractivity contribution >= 4 is 0 Å². The molecule has 2 unspecified atom stereocenters. The summed E-state index contributed by atoms with van der Waals surface area (Å²) in [6.45, 7) is 5.37. The summed E-state index contributed by atoms with van der Waals surface area (Å²) in [4.78, 5) is 0. The zero-order valence-corrected chi connectivity index (χ0v) is 10.8. The molecule has 0 aliphatic heterocycles. The first-order valence-electron chi connectivity index (χ1n) is 6.49. The summed E-state index contributed by atoms with van der Waals surface area (Å²) in [6.07, 6.45) is 6.36. The lowest BCUT2D eigenvalue weighted by atomic mass is 9.68. The van der Waals surface area contributed by atoms with Crippen molar-refractivity contribution < 1.29 is 9.47 Å². The van der Waals surface area contributed by atoms with Crippen LogP contribution in [0, 0.1) is 11.3 Å². The minimum atomic E-state index is 0.352. The zero-order valence-electron chi connectivity index (χ0n) is 10.8. The number of nitrogens with two attached hydrogens (primary N) is 1. The molecule has 0 heterocycles. The van der Waals surface area contributed by atoms with Crippen LogP contribution in [0.3, 0.4) is 0 Å². The first-order valence-corrected chi connectivity index (χ1v) is 6.49. The number of ether oxygens (including phenoxy) is 2. The number of methoxy groups -OCH3 is 1. The highest BCUT2D eigenvalue weighted by Gasteiger charge is 2.33. The second-order valence-corrected chi connectivity index (χ2v) is 5.26. The van der Waals surface area contributed by atoms with E-state index in [1.165, 1.54) is 25.7 Å². The molecular weight excluding hydrogens is 202 g/mol. The van der Waals surface area contributed by atoms with Crippen LogP contribution in [-0.2, 0) is 9.47 Å². The molecule has 1 rings (SSSR count). The Kier molecular flexibility index (Phi) is 6.32. The van der Waals surface area contributed by atoms with Crippen LogP contribution in [0.2, 0.25) is 0 Å². The topological polar surface area (TPSA) is 44.5 Å². The van der Waals surface area contributed by atoms with Gasteiger partial charge in [0.2, 0.25) is 0 Å². The third kappa shape index (κ3) is 4.40. The summed E-state index contributed by atoms with van der Waals surface area (Å²) in [5.41, 5.74) is 6.31. The van der Waals surface area contributed by atoms with Crippen molar-refractivity contribution in [3.05, 3.63) is 0 Å². The van der Waals surface area contributed by atoms with E-state index in [9.17, 15) is 0 Å². The Bertz CT molecular complexity index is 187. The molecule has 2 N–H and O–H groups in total. The SMILES string of the molecule is COCCOCCC1(CN)CCCC(C)C1. The standard InChI is InChI=1S/C13H27NO2/c1-12-4-3-5-13(10-12,11-14)6-7-16-9-8-15-2/h12H,3-11,14H2,1-2H3. The van der Waals surface area contributed by atoms with Crippen LogP contribution in [0.5, 0.6) is 0 Å². The lowest BCUT2D eigenvalue weighted by Crippen LogP contribution is -2.36. The summed E-state index contributed by atoms with van der Waals surface area (Å²) < 4.78 is 10.5. The Hall–Kier alpha value is -0.120. The van der Waals surface area contributed by atoms with Gasteiger partial charge in [0.05, 0.1) is 13.2 Å². The highest BCUT2D eigenvalue weighted by Crippen LogP contribution is 2.41. The highest BCUT2D eigenvalue weighted by molar-refractivity contribution is 4.86. The Morgan fingerprint density at radius 2 is 2.12 bits per heavy atom. The zero-order chi connectivity index (χ0) is 11.9. The monoisotopic (exact) mass is 229 g/mol. The van der Waals surface area contributed by atoms with Gasteiger partial charge in [-0.3, -0.25) is 0 Å². The van der Waals surface area contributed by atoms with Crippen molar-refractivity contribution in [3.63, 3.8) is 0 Å². The van der Waals surface area contributed by atoms with E-state index < -0.39 is 0 Å². The third-order valence-corrected chi connectivity index (χ3v) is 3.83. The quantitative estimate of drug-likeness (QED) is 0.681. The van der Waals surface area contributed by atoms with Crippen molar-refractivity contribution in [1.29, 1.82) is 0 Å². The highest BCUT2D eigenvalue weighted by atomic mass is 16.5. The minimum Gasteiger partial charge on any atom is -0.382 e. The molecule has 1 fully saturated rings. The molecule has 0 aromatic rings. The van der Waals surface area contributed by atoms with E-state index in [1.54, 1.807) is 7.11 Å². The molecule has 1 aliphatic rings. The first-order chi connectivity index (χ1) is 7.72. The number of hydrogen-bond donors (Lipinski definition) is 1. The fraction of sp³-hybridized carbons (Fsp3) is 1.00. The molecule has 0 amide bonds. The van der Waals surface area contributed by atoms with E-state index in [2.05, 4.69) is 6.92 Å². The van der Waals surface area contributed by atoms with Gasteiger partial charge in [0.15, 0.2) is 0 Å². The van der Waals surface area contributed by atoms with E-state index >= 15 is 0 Å². The van der Waals surface area contributed by atoms with Gasteiger partial charge in [0.25, 0.3) is 0 Å². The van der Waals surface area contributed by atoms with E-state index in [1.807, 2.05) is 0 Å². The lowest BCUT2D eigenvalue weighted by molar-refractivity contribution is 0.0378. The summed E-state index contributed by atoms with van der Waals surface area (Å²) in [5, 5.41) is 0. The molecule has 3 nitrogen and oxygen atoms in total. The molecule has 0 radical (unpaired) electrons. The average molecular weight is 229 g/mol. The lowest BCUT2D eigenvalue weighted by Gasteiger charge is -2.39. The van der Waals surface area contributed by atoms with Crippen LogP contribution in [0.25, 0.3) is 0 Å². The van der Waals surface area contributed by atoms with Crippen LogP contribution in [0.15, 0.2) is 0 Å². The molecule has 1 aliphatic carbocycles. The first kappa shape index (κ1) is 13.9. The maximum atomic E-state index is 5.96. The Balaban J connectivity index is 2.24. The van der Waals surface area contributed by atoms with Crippen LogP contribution in [0.1, 0.15) is 39.0 Å². The van der Waals surface area contributed by atoms with Crippen molar-refractivity contribution in [2.75, 3.05) is 33.5 Å². The van der Waals surface area contributed by atoms with Crippen molar-refractivity contribution in [3.8, 4) is 0 Å². The molecule has 1 saturated carbocycles. The van der Waals surface area contributed by atoms with E-state index in [0.29, 0.717) is 18.6 Å². The van der Waals surface area contributed by atoms with Gasteiger partial charge in [0.1, 0.15) is 0 Å². The minimum absolute atomic E-state index is 0.352. The number of hydrogen-bond acceptors (Lipinski definition) is 3. The average Bonchev–Trinajstić information content (AvgIpc) is 2.29. The number of rotatable bonds is 7. The van der Waals surface area contributed by atoms with Gasteiger partial charge in [-0.2, -0.15) is 0 Å². The second kappa shape index (κ2) is 7.25. The molecule has 2 atom stereocenters. The summed E-state index contributed by atoms with van der Waals surface area (Å²) in [5.74, 6) is 0.830. The van der Waals surface area contributed by atoms with Gasteiger partial charge in [-0.1, -0.05) is 19.8 Å². The second-order valence-electron chi connectivity index (χ2n) is 5.26. The van der Waals surface area contributed by atoms with Crippen LogP contribution in [-0.4, -0.2) is 33.5 Å². The fourth-order valence-corrected chi connectivity index (χ4v) is 2.82.